The maximum atomic E-state index is 3.53. The molecule has 0 spiro atoms. The van der Waals surface area contributed by atoms with Crippen LogP contribution in [-0.4, -0.2) is 61.7 Å². The normalized spacial score (nSPS) is 39.6. The van der Waals surface area contributed by atoms with Crippen LogP contribution < -0.4 is 5.32 Å². The number of nitrogens with one attached hydrogen (secondary N) is 1. The molecule has 2 aliphatic heterocycles. The Hall–Kier alpha value is -0.120. The maximum Gasteiger partial charge on any atom is 0.0123 e. The molecule has 2 saturated heterocycles. The van der Waals surface area contributed by atoms with E-state index in [1.807, 2.05) is 0 Å². The van der Waals surface area contributed by atoms with Gasteiger partial charge in [-0.15, -0.1) is 0 Å². The van der Waals surface area contributed by atoms with Crippen LogP contribution in [0, 0.1) is 5.92 Å². The number of rotatable bonds is 1. The summed E-state index contributed by atoms with van der Waals surface area (Å²) in [6, 6.07) is 1.58. The third-order valence-corrected chi connectivity index (χ3v) is 4.31. The molecule has 3 atom stereocenters. The van der Waals surface area contributed by atoms with E-state index < -0.39 is 0 Å². The van der Waals surface area contributed by atoms with E-state index in [9.17, 15) is 0 Å². The Kier molecular flexibility index (Phi) is 4.22. The summed E-state index contributed by atoms with van der Waals surface area (Å²) in [5, 5.41) is 3.53. The lowest BCUT2D eigenvalue weighted by atomic mass is 9.96. The number of hydrogen-bond acceptors (Lipinski definition) is 3. The second kappa shape index (κ2) is 5.48. The minimum Gasteiger partial charge on any atom is -0.315 e. The van der Waals surface area contributed by atoms with Gasteiger partial charge in [0.05, 0.1) is 0 Å². The predicted molar refractivity (Wildman–Crippen MR) is 68.7 cm³/mol. The molecule has 0 saturated carbocycles. The van der Waals surface area contributed by atoms with Crippen molar-refractivity contribution in [3.63, 3.8) is 0 Å². The van der Waals surface area contributed by atoms with Crippen molar-refractivity contribution in [3.05, 3.63) is 0 Å². The Morgan fingerprint density at radius 1 is 1.19 bits per heavy atom. The molecule has 0 aromatic heterocycles. The third-order valence-electron chi connectivity index (χ3n) is 4.31. The van der Waals surface area contributed by atoms with Crippen LogP contribution in [0.3, 0.4) is 0 Å². The number of piperidine rings is 1. The van der Waals surface area contributed by atoms with Crippen molar-refractivity contribution >= 4 is 0 Å². The van der Waals surface area contributed by atoms with E-state index in [4.69, 9.17) is 0 Å². The lowest BCUT2D eigenvalue weighted by molar-refractivity contribution is 0.0857. The van der Waals surface area contributed by atoms with Crippen LogP contribution >= 0.6 is 0 Å². The zero-order valence-corrected chi connectivity index (χ0v) is 11.1. The second-order valence-electron chi connectivity index (χ2n) is 5.81. The van der Waals surface area contributed by atoms with Crippen LogP contribution in [0.4, 0.5) is 0 Å². The van der Waals surface area contributed by atoms with Gasteiger partial charge in [-0.25, -0.2) is 0 Å². The van der Waals surface area contributed by atoms with E-state index in [1.54, 1.807) is 0 Å². The Morgan fingerprint density at radius 2 is 2.00 bits per heavy atom. The fourth-order valence-corrected chi connectivity index (χ4v) is 3.06. The first-order valence-electron chi connectivity index (χ1n) is 6.82. The van der Waals surface area contributed by atoms with Crippen LogP contribution in [0.1, 0.15) is 26.7 Å². The van der Waals surface area contributed by atoms with Gasteiger partial charge >= 0.3 is 0 Å². The lowest BCUT2D eigenvalue weighted by Gasteiger charge is -2.41. The van der Waals surface area contributed by atoms with Gasteiger partial charge < -0.3 is 10.2 Å². The van der Waals surface area contributed by atoms with Crippen molar-refractivity contribution in [2.45, 2.75) is 38.8 Å². The predicted octanol–water partition coefficient (Wildman–Crippen LogP) is 1.01. The molecule has 0 aromatic carbocycles. The van der Waals surface area contributed by atoms with Crippen LogP contribution in [0.25, 0.3) is 0 Å². The maximum absolute atomic E-state index is 3.53. The van der Waals surface area contributed by atoms with Crippen LogP contribution in [-0.2, 0) is 0 Å². The molecule has 0 amide bonds. The summed E-state index contributed by atoms with van der Waals surface area (Å²) < 4.78 is 0. The Bertz CT molecular complexity index is 219. The fourth-order valence-electron chi connectivity index (χ4n) is 3.06. The van der Waals surface area contributed by atoms with E-state index >= 15 is 0 Å². The summed E-state index contributed by atoms with van der Waals surface area (Å²) in [4.78, 5) is 5.23. The van der Waals surface area contributed by atoms with Crippen LogP contribution in [0.15, 0.2) is 0 Å². The molecule has 0 bridgehead atoms. The minimum absolute atomic E-state index is 0.755. The van der Waals surface area contributed by atoms with Gasteiger partial charge in [0.15, 0.2) is 0 Å². The fraction of sp³-hybridized carbons (Fsp3) is 1.00. The number of hydrogen-bond donors (Lipinski definition) is 1. The Labute approximate surface area is 100 Å². The summed E-state index contributed by atoms with van der Waals surface area (Å²) in [7, 11) is 2.26. The highest BCUT2D eigenvalue weighted by Crippen LogP contribution is 2.21. The molecule has 94 valence electrons. The summed E-state index contributed by atoms with van der Waals surface area (Å²) in [6.45, 7) is 10.9. The zero-order chi connectivity index (χ0) is 11.5. The van der Waals surface area contributed by atoms with Gasteiger partial charge in [0.1, 0.15) is 0 Å². The van der Waals surface area contributed by atoms with Crippen molar-refractivity contribution in [2.24, 2.45) is 5.92 Å². The minimum atomic E-state index is 0.755. The van der Waals surface area contributed by atoms with Crippen molar-refractivity contribution in [3.8, 4) is 0 Å². The molecule has 0 radical (unpaired) electrons. The van der Waals surface area contributed by atoms with Gasteiger partial charge in [0, 0.05) is 31.7 Å². The molecule has 16 heavy (non-hydrogen) atoms. The van der Waals surface area contributed by atoms with E-state index in [0.717, 1.165) is 18.0 Å². The first-order chi connectivity index (χ1) is 7.66. The molecule has 2 fully saturated rings. The molecule has 0 aromatic rings. The van der Waals surface area contributed by atoms with E-state index in [2.05, 4.69) is 36.0 Å². The quantitative estimate of drug-likeness (QED) is 0.718. The van der Waals surface area contributed by atoms with Crippen molar-refractivity contribution in [2.75, 3.05) is 39.8 Å². The van der Waals surface area contributed by atoms with Crippen molar-refractivity contribution in [1.82, 2.24) is 15.1 Å². The molecular formula is C13H27N3. The third kappa shape index (κ3) is 2.96. The molecule has 2 heterocycles. The van der Waals surface area contributed by atoms with Gasteiger partial charge in [0.25, 0.3) is 0 Å². The average Bonchev–Trinajstić information content (AvgIpc) is 2.47. The molecular weight excluding hydrogens is 198 g/mol. The van der Waals surface area contributed by atoms with Gasteiger partial charge in [-0.3, -0.25) is 4.90 Å². The Morgan fingerprint density at radius 3 is 2.75 bits per heavy atom. The highest BCUT2D eigenvalue weighted by Gasteiger charge is 2.28. The van der Waals surface area contributed by atoms with Crippen LogP contribution in [0.2, 0.25) is 0 Å². The largest absolute Gasteiger partial charge is 0.315 e. The molecule has 1 N–H and O–H groups in total. The van der Waals surface area contributed by atoms with Crippen LogP contribution in [0.5, 0.6) is 0 Å². The van der Waals surface area contributed by atoms with E-state index in [1.165, 1.54) is 45.6 Å². The standard InChI is InChI=1S/C13H27N3/c1-11-9-14-5-7-16(10-11)13-4-6-15(3)12(2)8-13/h11-14H,4-10H2,1-3H3. The topological polar surface area (TPSA) is 18.5 Å². The van der Waals surface area contributed by atoms with Gasteiger partial charge in [0.2, 0.25) is 0 Å². The SMILES string of the molecule is CC1CNCCN(C2CCN(C)C(C)C2)C1. The average molecular weight is 225 g/mol. The first kappa shape index (κ1) is 12.3. The summed E-state index contributed by atoms with van der Waals surface area (Å²) in [6.07, 6.45) is 2.71. The highest BCUT2D eigenvalue weighted by molar-refractivity contribution is 4.85. The lowest BCUT2D eigenvalue weighted by Crippen LogP contribution is -2.48. The first-order valence-corrected chi connectivity index (χ1v) is 6.82. The molecule has 2 rings (SSSR count). The van der Waals surface area contributed by atoms with Gasteiger partial charge in [-0.05, 0) is 45.8 Å². The summed E-state index contributed by atoms with van der Waals surface area (Å²) in [5.74, 6) is 0.803. The van der Waals surface area contributed by atoms with Gasteiger partial charge in [-0.1, -0.05) is 6.92 Å². The second-order valence-corrected chi connectivity index (χ2v) is 5.81. The monoisotopic (exact) mass is 225 g/mol. The highest BCUT2D eigenvalue weighted by atomic mass is 15.2. The van der Waals surface area contributed by atoms with E-state index in [0.29, 0.717) is 0 Å². The van der Waals surface area contributed by atoms with Gasteiger partial charge in [-0.2, -0.15) is 0 Å². The number of nitrogens with zero attached hydrogens (tertiary/aromatic N) is 2. The van der Waals surface area contributed by atoms with Crippen molar-refractivity contribution < 1.29 is 0 Å². The molecule has 3 nitrogen and oxygen atoms in total. The van der Waals surface area contributed by atoms with Crippen molar-refractivity contribution in [1.29, 1.82) is 0 Å². The molecule has 3 unspecified atom stereocenters. The molecule has 3 heteroatoms. The molecule has 0 aliphatic carbocycles. The smallest absolute Gasteiger partial charge is 0.0123 e. The summed E-state index contributed by atoms with van der Waals surface area (Å²) in [5.41, 5.74) is 0. The zero-order valence-electron chi connectivity index (χ0n) is 11.1. The Balaban J connectivity index is 1.90. The number of likely N-dealkylation sites (tertiary alicyclic amines) is 1. The summed E-state index contributed by atoms with van der Waals surface area (Å²) >= 11 is 0. The molecule has 2 aliphatic rings. The van der Waals surface area contributed by atoms with E-state index in [-0.39, 0.29) is 0 Å².